The van der Waals surface area contributed by atoms with Crippen molar-refractivity contribution in [2.45, 2.75) is 32.4 Å². The summed E-state index contributed by atoms with van der Waals surface area (Å²) in [4.78, 5) is 2.56. The molecule has 0 spiro atoms. The first-order chi connectivity index (χ1) is 10.2. The summed E-state index contributed by atoms with van der Waals surface area (Å²) in [6.45, 7) is 6.50. The largest absolute Gasteiger partial charge is 0.493 e. The summed E-state index contributed by atoms with van der Waals surface area (Å²) in [5, 5.41) is 3.45. The van der Waals surface area contributed by atoms with Crippen LogP contribution in [-0.4, -0.2) is 44.8 Å². The fraction of sp³-hybridized carbons (Fsp3) is 0.625. The van der Waals surface area contributed by atoms with E-state index in [9.17, 15) is 0 Å². The fourth-order valence-electron chi connectivity index (χ4n) is 2.87. The lowest BCUT2D eigenvalue weighted by atomic mass is 10.1. The summed E-state index contributed by atoms with van der Waals surface area (Å²) >= 11 is 3.66. The maximum Gasteiger partial charge on any atom is 0.161 e. The van der Waals surface area contributed by atoms with E-state index in [-0.39, 0.29) is 0 Å². The van der Waals surface area contributed by atoms with Crippen molar-refractivity contribution in [3.63, 3.8) is 0 Å². The lowest BCUT2D eigenvalue weighted by Gasteiger charge is -2.28. The second-order valence-corrected chi connectivity index (χ2v) is 6.27. The average Bonchev–Trinajstić information content (AvgIpc) is 3.02. The molecule has 1 fully saturated rings. The topological polar surface area (TPSA) is 33.7 Å². The number of hydrogen-bond acceptors (Lipinski definition) is 4. The Morgan fingerprint density at radius 1 is 1.29 bits per heavy atom. The van der Waals surface area contributed by atoms with E-state index < -0.39 is 0 Å². The van der Waals surface area contributed by atoms with E-state index in [1.165, 1.54) is 18.4 Å². The number of ether oxygens (including phenoxy) is 2. The third-order valence-electron chi connectivity index (χ3n) is 3.99. The molecule has 21 heavy (non-hydrogen) atoms. The Kier molecular flexibility index (Phi) is 6.33. The molecule has 118 valence electrons. The number of rotatable bonds is 7. The molecule has 0 saturated carbocycles. The van der Waals surface area contributed by atoms with Crippen LogP contribution in [0.4, 0.5) is 0 Å². The number of methoxy groups -OCH3 is 2. The summed E-state index contributed by atoms with van der Waals surface area (Å²) < 4.78 is 11.8. The SMILES string of the molecule is CCCN(Cc1cc(OC)c(OC)cc1Br)C1CCNC1. The van der Waals surface area contributed by atoms with Crippen LogP contribution in [0, 0.1) is 0 Å². The van der Waals surface area contributed by atoms with Crippen molar-refractivity contribution in [1.82, 2.24) is 10.2 Å². The second-order valence-electron chi connectivity index (χ2n) is 5.42. The lowest BCUT2D eigenvalue weighted by Crippen LogP contribution is -2.37. The maximum atomic E-state index is 5.42. The third-order valence-corrected chi connectivity index (χ3v) is 4.73. The molecule has 1 aromatic rings. The van der Waals surface area contributed by atoms with Gasteiger partial charge in [0.05, 0.1) is 14.2 Å². The molecule has 0 aliphatic carbocycles. The highest BCUT2D eigenvalue weighted by Gasteiger charge is 2.23. The van der Waals surface area contributed by atoms with Gasteiger partial charge in [0, 0.05) is 23.6 Å². The van der Waals surface area contributed by atoms with Crippen molar-refractivity contribution in [3.8, 4) is 11.5 Å². The molecular formula is C16H25BrN2O2. The van der Waals surface area contributed by atoms with Crippen molar-refractivity contribution in [1.29, 1.82) is 0 Å². The molecule has 1 aliphatic heterocycles. The molecule has 1 N–H and O–H groups in total. The van der Waals surface area contributed by atoms with E-state index in [2.05, 4.69) is 39.1 Å². The first kappa shape index (κ1) is 16.6. The van der Waals surface area contributed by atoms with Gasteiger partial charge in [-0.25, -0.2) is 0 Å². The highest BCUT2D eigenvalue weighted by atomic mass is 79.9. The molecule has 5 heteroatoms. The van der Waals surface area contributed by atoms with Crippen LogP contribution < -0.4 is 14.8 Å². The summed E-state index contributed by atoms with van der Waals surface area (Å²) in [6, 6.07) is 4.70. The van der Waals surface area contributed by atoms with Crippen LogP contribution in [0.5, 0.6) is 11.5 Å². The fourth-order valence-corrected chi connectivity index (χ4v) is 3.31. The summed E-state index contributed by atoms with van der Waals surface area (Å²) in [6.07, 6.45) is 2.40. The number of nitrogens with zero attached hydrogens (tertiary/aromatic N) is 1. The minimum absolute atomic E-state index is 0.630. The zero-order chi connectivity index (χ0) is 15.2. The van der Waals surface area contributed by atoms with E-state index >= 15 is 0 Å². The molecule has 1 unspecified atom stereocenters. The zero-order valence-corrected chi connectivity index (χ0v) is 14.7. The monoisotopic (exact) mass is 356 g/mol. The van der Waals surface area contributed by atoms with Crippen LogP contribution in [-0.2, 0) is 6.54 Å². The number of halogens is 1. The van der Waals surface area contributed by atoms with Crippen molar-refractivity contribution < 1.29 is 9.47 Å². The van der Waals surface area contributed by atoms with E-state index in [0.29, 0.717) is 6.04 Å². The molecule has 0 bridgehead atoms. The molecule has 0 aromatic heterocycles. The van der Waals surface area contributed by atoms with E-state index in [0.717, 1.165) is 42.2 Å². The maximum absolute atomic E-state index is 5.42. The zero-order valence-electron chi connectivity index (χ0n) is 13.1. The van der Waals surface area contributed by atoms with Gasteiger partial charge in [0.25, 0.3) is 0 Å². The molecule has 1 heterocycles. The van der Waals surface area contributed by atoms with Crippen LogP contribution in [0.1, 0.15) is 25.3 Å². The Bertz CT molecular complexity index is 462. The Morgan fingerprint density at radius 3 is 2.57 bits per heavy atom. The van der Waals surface area contributed by atoms with E-state index in [1.807, 2.05) is 6.07 Å². The first-order valence-electron chi connectivity index (χ1n) is 7.54. The van der Waals surface area contributed by atoms with Crippen molar-refractivity contribution in [3.05, 3.63) is 22.2 Å². The minimum Gasteiger partial charge on any atom is -0.493 e. The van der Waals surface area contributed by atoms with Gasteiger partial charge < -0.3 is 14.8 Å². The molecule has 1 aliphatic rings. The van der Waals surface area contributed by atoms with Gasteiger partial charge in [-0.1, -0.05) is 22.9 Å². The number of benzene rings is 1. The molecule has 2 rings (SSSR count). The summed E-state index contributed by atoms with van der Waals surface area (Å²) in [5.74, 6) is 1.55. The Hall–Kier alpha value is -0.780. The van der Waals surface area contributed by atoms with Crippen LogP contribution in [0.25, 0.3) is 0 Å². The van der Waals surface area contributed by atoms with E-state index in [1.54, 1.807) is 14.2 Å². The number of nitrogens with one attached hydrogen (secondary N) is 1. The van der Waals surface area contributed by atoms with Crippen LogP contribution >= 0.6 is 15.9 Å². The molecule has 1 atom stereocenters. The predicted molar refractivity (Wildman–Crippen MR) is 89.2 cm³/mol. The number of hydrogen-bond donors (Lipinski definition) is 1. The Morgan fingerprint density at radius 2 is 2.00 bits per heavy atom. The molecule has 1 aromatic carbocycles. The van der Waals surface area contributed by atoms with Gasteiger partial charge in [-0.15, -0.1) is 0 Å². The molecular weight excluding hydrogens is 332 g/mol. The molecule has 1 saturated heterocycles. The summed E-state index contributed by atoms with van der Waals surface area (Å²) in [7, 11) is 3.35. The van der Waals surface area contributed by atoms with Gasteiger partial charge in [-0.3, -0.25) is 4.90 Å². The normalized spacial score (nSPS) is 18.2. The van der Waals surface area contributed by atoms with Gasteiger partial charge in [0.2, 0.25) is 0 Å². The Labute approximate surface area is 135 Å². The highest BCUT2D eigenvalue weighted by molar-refractivity contribution is 9.10. The molecule has 0 radical (unpaired) electrons. The van der Waals surface area contributed by atoms with Crippen molar-refractivity contribution >= 4 is 15.9 Å². The molecule has 4 nitrogen and oxygen atoms in total. The smallest absolute Gasteiger partial charge is 0.161 e. The van der Waals surface area contributed by atoms with Crippen LogP contribution in [0.3, 0.4) is 0 Å². The van der Waals surface area contributed by atoms with E-state index in [4.69, 9.17) is 9.47 Å². The van der Waals surface area contributed by atoms with Gasteiger partial charge in [-0.2, -0.15) is 0 Å². The van der Waals surface area contributed by atoms with Crippen molar-refractivity contribution in [2.75, 3.05) is 33.9 Å². The first-order valence-corrected chi connectivity index (χ1v) is 8.34. The second kappa shape index (κ2) is 8.01. The third kappa shape index (κ3) is 4.11. The van der Waals surface area contributed by atoms with Gasteiger partial charge in [0.1, 0.15) is 0 Å². The highest BCUT2D eigenvalue weighted by Crippen LogP contribution is 2.34. The van der Waals surface area contributed by atoms with Crippen LogP contribution in [0.15, 0.2) is 16.6 Å². The van der Waals surface area contributed by atoms with Crippen LogP contribution in [0.2, 0.25) is 0 Å². The minimum atomic E-state index is 0.630. The predicted octanol–water partition coefficient (Wildman–Crippen LogP) is 3.04. The standard InChI is InChI=1S/C16H25BrN2O2/c1-4-7-19(13-5-6-18-10-13)11-12-8-15(20-2)16(21-3)9-14(12)17/h8-9,13,18H,4-7,10-11H2,1-3H3. The average molecular weight is 357 g/mol. The van der Waals surface area contributed by atoms with Gasteiger partial charge in [0.15, 0.2) is 11.5 Å². The quantitative estimate of drug-likeness (QED) is 0.813. The van der Waals surface area contributed by atoms with Gasteiger partial charge in [-0.05, 0) is 43.6 Å². The molecule has 0 amide bonds. The van der Waals surface area contributed by atoms with Crippen molar-refractivity contribution in [2.24, 2.45) is 0 Å². The lowest BCUT2D eigenvalue weighted by molar-refractivity contribution is 0.199. The Balaban J connectivity index is 2.19. The summed E-state index contributed by atoms with van der Waals surface area (Å²) in [5.41, 5.74) is 1.24. The van der Waals surface area contributed by atoms with Gasteiger partial charge >= 0.3 is 0 Å².